The Kier molecular flexibility index (Phi) is 3.43. The van der Waals surface area contributed by atoms with Crippen LogP contribution in [-0.2, 0) is 0 Å². The molecule has 0 N–H and O–H groups in total. The fraction of sp³-hybridized carbons (Fsp3) is 0.250. The molecule has 0 aliphatic heterocycles. The summed E-state index contributed by atoms with van der Waals surface area (Å²) in [5.74, 6) is 0.335. The molecule has 16 heavy (non-hydrogen) atoms. The van der Waals surface area contributed by atoms with Gasteiger partial charge in [0.05, 0.1) is 15.6 Å². The zero-order valence-corrected chi connectivity index (χ0v) is 12.0. The van der Waals surface area contributed by atoms with Gasteiger partial charge in [-0.2, -0.15) is 0 Å². The number of benzene rings is 1. The lowest BCUT2D eigenvalue weighted by atomic mass is 10.1. The molecule has 2 aromatic rings. The van der Waals surface area contributed by atoms with Crippen molar-refractivity contribution in [3.05, 3.63) is 38.4 Å². The summed E-state index contributed by atoms with van der Waals surface area (Å²) < 4.78 is 0.908. The smallest absolute Gasteiger partial charge is 0.0907 e. The van der Waals surface area contributed by atoms with Crippen molar-refractivity contribution < 1.29 is 0 Å². The van der Waals surface area contributed by atoms with Crippen molar-refractivity contribution in [2.45, 2.75) is 19.8 Å². The second-order valence-electron chi connectivity index (χ2n) is 3.97. The Bertz CT molecular complexity index is 552. The van der Waals surface area contributed by atoms with Crippen LogP contribution in [0.2, 0.25) is 10.0 Å². The number of pyridine rings is 1. The average Bonchev–Trinajstić information content (AvgIpc) is 2.19. The molecule has 0 radical (unpaired) electrons. The molecule has 4 heteroatoms. The lowest BCUT2D eigenvalue weighted by molar-refractivity contribution is 0.830. The maximum atomic E-state index is 6.23. The van der Waals surface area contributed by atoms with Crippen LogP contribution in [0, 0.1) is 0 Å². The third kappa shape index (κ3) is 2.20. The van der Waals surface area contributed by atoms with Crippen molar-refractivity contribution in [3.63, 3.8) is 0 Å². The highest BCUT2D eigenvalue weighted by atomic mass is 79.9. The van der Waals surface area contributed by atoms with Gasteiger partial charge in [-0.3, -0.25) is 4.98 Å². The zero-order chi connectivity index (χ0) is 11.9. The summed E-state index contributed by atoms with van der Waals surface area (Å²) in [6.45, 7) is 4.16. The fourth-order valence-electron chi connectivity index (χ4n) is 1.53. The highest BCUT2D eigenvalue weighted by molar-refractivity contribution is 9.10. The third-order valence-corrected chi connectivity index (χ3v) is 3.45. The molecule has 0 unspecified atom stereocenters. The van der Waals surface area contributed by atoms with Crippen LogP contribution < -0.4 is 0 Å². The molecule has 2 rings (SSSR count). The van der Waals surface area contributed by atoms with Gasteiger partial charge in [0.25, 0.3) is 0 Å². The number of hydrogen-bond acceptors (Lipinski definition) is 1. The third-order valence-electron chi connectivity index (χ3n) is 2.39. The standard InChI is InChI=1S/C12H10BrCl2N/c1-6(2)11-5-9(14)8-3-7(13)4-10(15)12(8)16-11/h3-6H,1-2H3. The van der Waals surface area contributed by atoms with Gasteiger partial charge in [0.1, 0.15) is 0 Å². The van der Waals surface area contributed by atoms with Gasteiger partial charge in [-0.15, -0.1) is 0 Å². The van der Waals surface area contributed by atoms with Gasteiger partial charge < -0.3 is 0 Å². The predicted molar refractivity (Wildman–Crippen MR) is 73.6 cm³/mol. The molecule has 0 aliphatic rings. The first-order chi connectivity index (χ1) is 7.49. The normalized spacial score (nSPS) is 11.4. The lowest BCUT2D eigenvalue weighted by Gasteiger charge is -2.09. The number of fused-ring (bicyclic) bond motifs is 1. The van der Waals surface area contributed by atoms with Crippen molar-refractivity contribution in [3.8, 4) is 0 Å². The molecule has 84 valence electrons. The maximum absolute atomic E-state index is 6.23. The van der Waals surface area contributed by atoms with E-state index in [0.29, 0.717) is 16.0 Å². The van der Waals surface area contributed by atoms with Gasteiger partial charge in [0.2, 0.25) is 0 Å². The Morgan fingerprint density at radius 3 is 2.44 bits per heavy atom. The monoisotopic (exact) mass is 317 g/mol. The molecule has 0 saturated heterocycles. The maximum Gasteiger partial charge on any atom is 0.0907 e. The van der Waals surface area contributed by atoms with Crippen LogP contribution >= 0.6 is 39.1 Å². The molecule has 1 aromatic carbocycles. The van der Waals surface area contributed by atoms with E-state index in [1.54, 1.807) is 0 Å². The Labute approximate surface area is 113 Å². The summed E-state index contributed by atoms with van der Waals surface area (Å²) in [5, 5.41) is 2.19. The SMILES string of the molecule is CC(C)c1cc(Cl)c2cc(Br)cc(Cl)c2n1. The number of aromatic nitrogens is 1. The molecule has 1 nitrogen and oxygen atoms in total. The van der Waals surface area contributed by atoms with E-state index in [-0.39, 0.29) is 0 Å². The van der Waals surface area contributed by atoms with Crippen molar-refractivity contribution >= 4 is 50.0 Å². The van der Waals surface area contributed by atoms with Gasteiger partial charge >= 0.3 is 0 Å². The highest BCUT2D eigenvalue weighted by Gasteiger charge is 2.10. The zero-order valence-electron chi connectivity index (χ0n) is 8.89. The molecule has 0 saturated carbocycles. The van der Waals surface area contributed by atoms with E-state index in [1.165, 1.54) is 0 Å². The summed E-state index contributed by atoms with van der Waals surface area (Å²) >= 11 is 15.8. The van der Waals surface area contributed by atoms with Crippen LogP contribution in [0.25, 0.3) is 10.9 Å². The molecule has 0 fully saturated rings. The van der Waals surface area contributed by atoms with E-state index < -0.39 is 0 Å². The van der Waals surface area contributed by atoms with E-state index in [1.807, 2.05) is 18.2 Å². The summed E-state index contributed by atoms with van der Waals surface area (Å²) in [7, 11) is 0. The van der Waals surface area contributed by atoms with Crippen LogP contribution in [-0.4, -0.2) is 4.98 Å². The molecule has 0 spiro atoms. The molecule has 0 amide bonds. The molecule has 1 aromatic heterocycles. The molecule has 0 atom stereocenters. The van der Waals surface area contributed by atoms with Crippen LogP contribution in [0.15, 0.2) is 22.7 Å². The number of rotatable bonds is 1. The minimum Gasteiger partial charge on any atom is -0.251 e. The second kappa shape index (κ2) is 4.52. The number of halogens is 3. The van der Waals surface area contributed by atoms with Crippen LogP contribution in [0.3, 0.4) is 0 Å². The van der Waals surface area contributed by atoms with E-state index in [2.05, 4.69) is 34.8 Å². The van der Waals surface area contributed by atoms with Gasteiger partial charge in [0.15, 0.2) is 0 Å². The van der Waals surface area contributed by atoms with Gasteiger partial charge in [-0.1, -0.05) is 53.0 Å². The lowest BCUT2D eigenvalue weighted by Crippen LogP contribution is -1.94. The van der Waals surface area contributed by atoms with Crippen molar-refractivity contribution in [1.29, 1.82) is 0 Å². The number of nitrogens with zero attached hydrogens (tertiary/aromatic N) is 1. The summed E-state index contributed by atoms with van der Waals surface area (Å²) in [6.07, 6.45) is 0. The van der Waals surface area contributed by atoms with E-state index >= 15 is 0 Å². The highest BCUT2D eigenvalue weighted by Crippen LogP contribution is 2.33. The molecule has 0 bridgehead atoms. The second-order valence-corrected chi connectivity index (χ2v) is 5.70. The van der Waals surface area contributed by atoms with E-state index in [9.17, 15) is 0 Å². The predicted octanol–water partition coefficient (Wildman–Crippen LogP) is 5.43. The largest absolute Gasteiger partial charge is 0.251 e. The Morgan fingerprint density at radius 1 is 1.12 bits per heavy atom. The molecule has 0 aliphatic carbocycles. The first-order valence-corrected chi connectivity index (χ1v) is 6.49. The number of hydrogen-bond donors (Lipinski definition) is 0. The average molecular weight is 319 g/mol. The topological polar surface area (TPSA) is 12.9 Å². The summed E-state index contributed by atoms with van der Waals surface area (Å²) in [5.41, 5.74) is 1.72. The molecule has 1 heterocycles. The quantitative estimate of drug-likeness (QED) is 0.683. The van der Waals surface area contributed by atoms with Crippen molar-refractivity contribution in [2.75, 3.05) is 0 Å². The van der Waals surface area contributed by atoms with Gasteiger partial charge in [0, 0.05) is 15.6 Å². The Morgan fingerprint density at radius 2 is 1.81 bits per heavy atom. The summed E-state index contributed by atoms with van der Waals surface area (Å²) in [4.78, 5) is 4.54. The first-order valence-electron chi connectivity index (χ1n) is 4.94. The fourth-order valence-corrected chi connectivity index (χ4v) is 2.63. The van der Waals surface area contributed by atoms with Crippen LogP contribution in [0.1, 0.15) is 25.5 Å². The van der Waals surface area contributed by atoms with Crippen LogP contribution in [0.5, 0.6) is 0 Å². The van der Waals surface area contributed by atoms with Crippen molar-refractivity contribution in [2.24, 2.45) is 0 Å². The van der Waals surface area contributed by atoms with E-state index in [0.717, 1.165) is 21.1 Å². The Hall–Kier alpha value is -0.310. The van der Waals surface area contributed by atoms with Crippen molar-refractivity contribution in [1.82, 2.24) is 4.98 Å². The minimum absolute atomic E-state index is 0.335. The molecular formula is C12H10BrCl2N. The van der Waals surface area contributed by atoms with Gasteiger partial charge in [-0.05, 0) is 24.1 Å². The van der Waals surface area contributed by atoms with Crippen LogP contribution in [0.4, 0.5) is 0 Å². The molecular weight excluding hydrogens is 309 g/mol. The minimum atomic E-state index is 0.335. The first kappa shape index (κ1) is 12.2. The van der Waals surface area contributed by atoms with Gasteiger partial charge in [-0.25, -0.2) is 0 Å². The Balaban J connectivity index is 2.82. The van der Waals surface area contributed by atoms with E-state index in [4.69, 9.17) is 23.2 Å². The summed E-state index contributed by atoms with van der Waals surface area (Å²) in [6, 6.07) is 5.66.